The van der Waals surface area contributed by atoms with Gasteiger partial charge in [-0.05, 0) is 12.1 Å². The second-order valence-electron chi connectivity index (χ2n) is 1.74. The molecule has 0 aromatic carbocycles. The molecule has 0 atom stereocenters. The predicted octanol–water partition coefficient (Wildman–Crippen LogP) is 1.36. The Labute approximate surface area is 67.3 Å². The summed E-state index contributed by atoms with van der Waals surface area (Å²) in [6.45, 7) is 0. The van der Waals surface area contributed by atoms with Crippen LogP contribution in [0.4, 0.5) is 0 Å². The Kier molecular flexibility index (Phi) is 2.40. The number of rotatable bonds is 1. The van der Waals surface area contributed by atoms with E-state index >= 15 is 0 Å². The summed E-state index contributed by atoms with van der Waals surface area (Å²) in [5.74, 6) is -0.901. The van der Waals surface area contributed by atoms with Gasteiger partial charge in [-0.1, -0.05) is 11.6 Å². The maximum Gasteiger partial charge on any atom is 0.390 e. The molecule has 0 aliphatic carbocycles. The van der Waals surface area contributed by atoms with Gasteiger partial charge in [-0.15, -0.1) is 0 Å². The molecule has 0 aliphatic rings. The molecule has 5 heteroatoms. The van der Waals surface area contributed by atoms with Gasteiger partial charge in [-0.3, -0.25) is 4.89 Å². The summed E-state index contributed by atoms with van der Waals surface area (Å²) in [5, 5.41) is 8.35. The maximum absolute atomic E-state index is 10.5. The SMILES string of the molecule is O=C(OO)c1ccc(Cl)cn1. The summed E-state index contributed by atoms with van der Waals surface area (Å²) < 4.78 is 0. The molecule has 0 saturated heterocycles. The molecule has 1 aromatic rings. The lowest BCUT2D eigenvalue weighted by molar-refractivity contribution is -0.183. The van der Waals surface area contributed by atoms with E-state index in [1.807, 2.05) is 0 Å². The minimum absolute atomic E-state index is 0.0110. The lowest BCUT2D eigenvalue weighted by Gasteiger charge is -1.93. The van der Waals surface area contributed by atoms with Crippen molar-refractivity contribution in [1.29, 1.82) is 0 Å². The summed E-state index contributed by atoms with van der Waals surface area (Å²) in [4.78, 5) is 17.6. The third kappa shape index (κ3) is 1.89. The van der Waals surface area contributed by atoms with Gasteiger partial charge in [-0.25, -0.2) is 9.78 Å². The molecule has 0 fully saturated rings. The third-order valence-corrected chi connectivity index (χ3v) is 1.24. The van der Waals surface area contributed by atoms with Crippen LogP contribution >= 0.6 is 11.6 Å². The summed E-state index contributed by atoms with van der Waals surface area (Å²) in [5.41, 5.74) is 0.0110. The van der Waals surface area contributed by atoms with Crippen molar-refractivity contribution in [2.24, 2.45) is 0 Å². The van der Waals surface area contributed by atoms with Crippen molar-refractivity contribution >= 4 is 17.6 Å². The van der Waals surface area contributed by atoms with E-state index in [9.17, 15) is 4.79 Å². The first-order chi connectivity index (χ1) is 5.24. The van der Waals surface area contributed by atoms with Crippen LogP contribution in [0.15, 0.2) is 18.3 Å². The highest BCUT2D eigenvalue weighted by molar-refractivity contribution is 6.30. The topological polar surface area (TPSA) is 59.4 Å². The average molecular weight is 174 g/mol. The molecule has 0 saturated carbocycles. The largest absolute Gasteiger partial charge is 0.390 e. The molecule has 0 aliphatic heterocycles. The van der Waals surface area contributed by atoms with Crippen LogP contribution in [0.1, 0.15) is 10.5 Å². The van der Waals surface area contributed by atoms with E-state index in [4.69, 9.17) is 16.9 Å². The molecule has 1 aromatic heterocycles. The van der Waals surface area contributed by atoms with Gasteiger partial charge in [0.1, 0.15) is 0 Å². The number of aromatic nitrogens is 1. The average Bonchev–Trinajstić information content (AvgIpc) is 2.05. The molecule has 11 heavy (non-hydrogen) atoms. The minimum atomic E-state index is -0.901. The van der Waals surface area contributed by atoms with Crippen molar-refractivity contribution < 1.29 is 14.9 Å². The van der Waals surface area contributed by atoms with Gasteiger partial charge in [0.2, 0.25) is 0 Å². The molecule has 0 bridgehead atoms. The van der Waals surface area contributed by atoms with Crippen molar-refractivity contribution in [2.45, 2.75) is 0 Å². The van der Waals surface area contributed by atoms with Crippen molar-refractivity contribution in [1.82, 2.24) is 4.98 Å². The Morgan fingerprint density at radius 2 is 2.36 bits per heavy atom. The smallest absolute Gasteiger partial charge is 0.294 e. The van der Waals surface area contributed by atoms with Gasteiger partial charge in [0.15, 0.2) is 5.69 Å². The number of halogens is 1. The van der Waals surface area contributed by atoms with Crippen LogP contribution in [0.5, 0.6) is 0 Å². The van der Waals surface area contributed by atoms with E-state index in [2.05, 4.69) is 9.87 Å². The van der Waals surface area contributed by atoms with Gasteiger partial charge >= 0.3 is 5.97 Å². The molecular weight excluding hydrogens is 170 g/mol. The zero-order valence-electron chi connectivity index (χ0n) is 5.32. The number of pyridine rings is 1. The second kappa shape index (κ2) is 3.32. The standard InChI is InChI=1S/C6H4ClNO3/c7-4-1-2-5(8-3-4)6(9)11-10/h1-3,10H. The highest BCUT2D eigenvalue weighted by atomic mass is 35.5. The normalized spacial score (nSPS) is 9.27. The number of hydrogen-bond donors (Lipinski definition) is 1. The van der Waals surface area contributed by atoms with Crippen molar-refractivity contribution in [2.75, 3.05) is 0 Å². The quantitative estimate of drug-likeness (QED) is 0.515. The Balaban J connectivity index is 2.90. The summed E-state index contributed by atoms with van der Waals surface area (Å²) in [6, 6.07) is 2.82. The van der Waals surface area contributed by atoms with E-state index in [1.54, 1.807) is 0 Å². The van der Waals surface area contributed by atoms with Crippen LogP contribution in [0.2, 0.25) is 5.02 Å². The lowest BCUT2D eigenvalue weighted by atomic mass is 10.4. The summed E-state index contributed by atoms with van der Waals surface area (Å²) in [7, 11) is 0. The zero-order chi connectivity index (χ0) is 8.27. The van der Waals surface area contributed by atoms with Gasteiger partial charge in [0, 0.05) is 6.20 Å². The first-order valence-electron chi connectivity index (χ1n) is 2.71. The molecule has 4 nitrogen and oxygen atoms in total. The molecule has 0 spiro atoms. The summed E-state index contributed by atoms with van der Waals surface area (Å²) >= 11 is 5.48. The molecule has 0 amide bonds. The fourth-order valence-electron chi connectivity index (χ4n) is 0.543. The number of carbonyl (C=O) groups excluding carboxylic acids is 1. The van der Waals surface area contributed by atoms with Crippen molar-refractivity contribution in [3.63, 3.8) is 0 Å². The molecule has 0 unspecified atom stereocenters. The van der Waals surface area contributed by atoms with E-state index in [1.165, 1.54) is 18.3 Å². The van der Waals surface area contributed by atoms with Crippen molar-refractivity contribution in [3.05, 3.63) is 29.0 Å². The number of carbonyl (C=O) groups is 1. The first kappa shape index (κ1) is 7.97. The van der Waals surface area contributed by atoms with E-state index in [0.717, 1.165) is 0 Å². The Morgan fingerprint density at radius 3 is 2.82 bits per heavy atom. The third-order valence-electron chi connectivity index (χ3n) is 1.02. The van der Waals surface area contributed by atoms with Gasteiger partial charge in [0.25, 0.3) is 0 Å². The first-order valence-corrected chi connectivity index (χ1v) is 3.09. The molecule has 1 N–H and O–H groups in total. The Hall–Kier alpha value is -1.13. The monoisotopic (exact) mass is 173 g/mol. The number of hydrogen-bond acceptors (Lipinski definition) is 4. The van der Waals surface area contributed by atoms with E-state index < -0.39 is 5.97 Å². The van der Waals surface area contributed by atoms with Gasteiger partial charge in [-0.2, -0.15) is 5.26 Å². The fraction of sp³-hybridized carbons (Fsp3) is 0. The second-order valence-corrected chi connectivity index (χ2v) is 2.18. The van der Waals surface area contributed by atoms with Crippen molar-refractivity contribution in [3.8, 4) is 0 Å². The van der Waals surface area contributed by atoms with Crippen LogP contribution in [0, 0.1) is 0 Å². The van der Waals surface area contributed by atoms with Crippen LogP contribution in [-0.2, 0) is 4.89 Å². The predicted molar refractivity (Wildman–Crippen MR) is 37.3 cm³/mol. The van der Waals surface area contributed by atoms with Crippen LogP contribution in [0.25, 0.3) is 0 Å². The maximum atomic E-state index is 10.5. The van der Waals surface area contributed by atoms with Gasteiger partial charge < -0.3 is 0 Å². The molecule has 58 valence electrons. The highest BCUT2D eigenvalue weighted by Crippen LogP contribution is 2.06. The number of nitrogens with zero attached hydrogens (tertiary/aromatic N) is 1. The fourth-order valence-corrected chi connectivity index (χ4v) is 0.655. The Bertz CT molecular complexity index is 259. The molecule has 1 heterocycles. The van der Waals surface area contributed by atoms with Crippen LogP contribution in [-0.4, -0.2) is 16.2 Å². The van der Waals surface area contributed by atoms with Gasteiger partial charge in [0.05, 0.1) is 5.02 Å². The molecular formula is C6H4ClNO3. The Morgan fingerprint density at radius 1 is 1.64 bits per heavy atom. The van der Waals surface area contributed by atoms with E-state index in [0.29, 0.717) is 5.02 Å². The zero-order valence-corrected chi connectivity index (χ0v) is 6.08. The molecule has 1 rings (SSSR count). The summed E-state index contributed by atoms with van der Waals surface area (Å²) in [6.07, 6.45) is 1.29. The lowest BCUT2D eigenvalue weighted by Crippen LogP contribution is -2.03. The van der Waals surface area contributed by atoms with Crippen LogP contribution in [0.3, 0.4) is 0 Å². The van der Waals surface area contributed by atoms with Crippen LogP contribution < -0.4 is 0 Å². The molecule has 0 radical (unpaired) electrons. The highest BCUT2D eigenvalue weighted by Gasteiger charge is 2.06. The minimum Gasteiger partial charge on any atom is -0.294 e. The van der Waals surface area contributed by atoms with E-state index in [-0.39, 0.29) is 5.69 Å².